The van der Waals surface area contributed by atoms with Crippen LogP contribution in [0.25, 0.3) is 0 Å². The van der Waals surface area contributed by atoms with Crippen molar-refractivity contribution in [2.24, 2.45) is 10.7 Å². The number of nitrogens with one attached hydrogen (secondary N) is 1. The number of benzene rings is 2. The molecule has 2 heterocycles. The van der Waals surface area contributed by atoms with Crippen LogP contribution >= 0.6 is 0 Å². The summed E-state index contributed by atoms with van der Waals surface area (Å²) in [7, 11) is 0. The van der Waals surface area contributed by atoms with Gasteiger partial charge in [0.2, 0.25) is 5.91 Å². The number of rotatable bonds is 6. The van der Waals surface area contributed by atoms with Crippen molar-refractivity contribution in [2.75, 3.05) is 6.61 Å². The van der Waals surface area contributed by atoms with Crippen LogP contribution in [0.5, 0.6) is 11.5 Å². The second-order valence-electron chi connectivity index (χ2n) is 11.6. The Balaban J connectivity index is 1.82. The van der Waals surface area contributed by atoms with Gasteiger partial charge in [0, 0.05) is 28.7 Å². The number of ether oxygens (including phenoxy) is 2. The summed E-state index contributed by atoms with van der Waals surface area (Å²) in [4.78, 5) is 29.7. The number of carbonyl (C=O) groups is 2. The fourth-order valence-electron chi connectivity index (χ4n) is 4.77. The van der Waals surface area contributed by atoms with E-state index in [1.54, 1.807) is 24.3 Å². The molecule has 2 amide bonds. The lowest BCUT2D eigenvalue weighted by atomic mass is 9.80. The van der Waals surface area contributed by atoms with Crippen LogP contribution < -0.4 is 20.5 Å². The molecule has 0 aromatic heterocycles. The van der Waals surface area contributed by atoms with E-state index in [-0.39, 0.29) is 11.5 Å². The lowest BCUT2D eigenvalue weighted by Crippen LogP contribution is -2.53. The van der Waals surface area contributed by atoms with Gasteiger partial charge in [-0.15, -0.1) is 0 Å². The van der Waals surface area contributed by atoms with E-state index in [4.69, 9.17) is 20.2 Å². The summed E-state index contributed by atoms with van der Waals surface area (Å²) in [6.07, 6.45) is -3.57. The van der Waals surface area contributed by atoms with E-state index in [0.717, 1.165) is 16.7 Å². The van der Waals surface area contributed by atoms with Gasteiger partial charge in [0.15, 0.2) is 18.1 Å². The van der Waals surface area contributed by atoms with E-state index in [9.17, 15) is 22.8 Å². The second kappa shape index (κ2) is 9.03. The van der Waals surface area contributed by atoms with Crippen molar-refractivity contribution < 1.29 is 32.2 Å². The van der Waals surface area contributed by atoms with Gasteiger partial charge in [-0.1, -0.05) is 12.1 Å². The molecule has 10 heteroatoms. The number of hydrogen-bond donors (Lipinski definition) is 2. The van der Waals surface area contributed by atoms with E-state index < -0.39 is 41.3 Å². The van der Waals surface area contributed by atoms with Crippen LogP contribution in [0.2, 0.25) is 0 Å². The fourth-order valence-corrected chi connectivity index (χ4v) is 4.77. The van der Waals surface area contributed by atoms with Gasteiger partial charge >= 0.3 is 6.18 Å². The van der Waals surface area contributed by atoms with Crippen LogP contribution in [-0.4, -0.2) is 47.0 Å². The van der Waals surface area contributed by atoms with Crippen LogP contribution in [0.15, 0.2) is 35.3 Å². The first kappa shape index (κ1) is 27.5. The zero-order valence-corrected chi connectivity index (χ0v) is 22.3. The van der Waals surface area contributed by atoms with E-state index in [1.165, 1.54) is 13.8 Å². The van der Waals surface area contributed by atoms with Crippen molar-refractivity contribution in [3.63, 3.8) is 0 Å². The van der Waals surface area contributed by atoms with Crippen molar-refractivity contribution in [3.05, 3.63) is 58.1 Å². The Morgan fingerprint density at radius 3 is 2.45 bits per heavy atom. The summed E-state index contributed by atoms with van der Waals surface area (Å²) >= 11 is 0. The molecule has 0 unspecified atom stereocenters. The van der Waals surface area contributed by atoms with Crippen LogP contribution in [0.1, 0.15) is 74.2 Å². The highest BCUT2D eigenvalue weighted by atomic mass is 19.4. The molecule has 4 rings (SSSR count). The maximum Gasteiger partial charge on any atom is 0.422 e. The molecule has 2 aromatic carbocycles. The number of nitrogens with two attached hydrogens (primary N) is 1. The van der Waals surface area contributed by atoms with Gasteiger partial charge in [0.1, 0.15) is 11.1 Å². The molecule has 0 bridgehead atoms. The first-order valence-corrected chi connectivity index (χ1v) is 12.3. The molecule has 0 atom stereocenters. The minimum absolute atomic E-state index is 0.0560. The number of nitrogens with zero attached hydrogens (tertiary/aromatic N) is 1. The minimum atomic E-state index is -4.49. The molecule has 0 radical (unpaired) electrons. The maximum absolute atomic E-state index is 13.0. The van der Waals surface area contributed by atoms with E-state index >= 15 is 0 Å². The Hall–Kier alpha value is -3.56. The zero-order chi connectivity index (χ0) is 28.3. The quantitative estimate of drug-likeness (QED) is 0.573. The van der Waals surface area contributed by atoms with E-state index in [1.807, 2.05) is 33.8 Å². The second-order valence-corrected chi connectivity index (χ2v) is 11.6. The average Bonchev–Trinajstić information content (AvgIpc) is 3.10. The molecular weight excluding hydrogens is 499 g/mol. The van der Waals surface area contributed by atoms with Crippen molar-refractivity contribution in [1.82, 2.24) is 5.32 Å². The number of carbonyl (C=O) groups excluding carboxylic acids is 2. The Morgan fingerprint density at radius 2 is 1.82 bits per heavy atom. The molecule has 0 saturated heterocycles. The fraction of sp³-hybridized carbons (Fsp3) is 0.464. The molecule has 0 fully saturated rings. The van der Waals surface area contributed by atoms with Gasteiger partial charge in [-0.05, 0) is 71.7 Å². The van der Waals surface area contributed by atoms with Gasteiger partial charge in [-0.3, -0.25) is 14.6 Å². The first-order valence-electron chi connectivity index (χ1n) is 12.3. The number of fused-ring (bicyclic) bond motifs is 3. The summed E-state index contributed by atoms with van der Waals surface area (Å²) in [5.74, 6) is -0.809. The maximum atomic E-state index is 13.0. The van der Waals surface area contributed by atoms with Crippen molar-refractivity contribution in [2.45, 2.75) is 77.2 Å². The van der Waals surface area contributed by atoms with Crippen LogP contribution in [0, 0.1) is 0 Å². The standard InChI is InChI=1S/C28H32F3N3O4/c1-25(2)12-17-11-19(37-14-28(29,30)31)22-18(13-26(3,4)38-22)20(17)21(33-25)15-8-7-9-16(10-15)23(35)34-27(5,6)24(32)36/h7-11H,12-14H2,1-6H3,(H2,32,36)(H,34,35). The van der Waals surface area contributed by atoms with Crippen LogP contribution in [0.4, 0.5) is 13.2 Å². The predicted octanol–water partition coefficient (Wildman–Crippen LogP) is 4.51. The topological polar surface area (TPSA) is 103 Å². The normalized spacial score (nSPS) is 17.6. The van der Waals surface area contributed by atoms with Gasteiger partial charge < -0.3 is 20.5 Å². The Kier molecular flexibility index (Phi) is 6.53. The third-order valence-electron chi connectivity index (χ3n) is 6.51. The highest BCUT2D eigenvalue weighted by molar-refractivity contribution is 6.17. The summed E-state index contributed by atoms with van der Waals surface area (Å²) in [5.41, 5.74) is 6.79. The van der Waals surface area contributed by atoms with E-state index in [2.05, 4.69) is 5.32 Å². The lowest BCUT2D eigenvalue weighted by molar-refractivity contribution is -0.153. The number of alkyl halides is 3. The van der Waals surface area contributed by atoms with Gasteiger partial charge in [0.05, 0.1) is 11.3 Å². The zero-order valence-electron chi connectivity index (χ0n) is 22.3. The number of primary amides is 1. The first-order chi connectivity index (χ1) is 17.4. The highest BCUT2D eigenvalue weighted by Crippen LogP contribution is 2.48. The lowest BCUT2D eigenvalue weighted by Gasteiger charge is -2.31. The van der Waals surface area contributed by atoms with Gasteiger partial charge in [0.25, 0.3) is 5.91 Å². The number of hydrogen-bond acceptors (Lipinski definition) is 5. The largest absolute Gasteiger partial charge is 0.483 e. The number of aliphatic imine (C=N–C) groups is 1. The Labute approximate surface area is 219 Å². The number of halogens is 3. The van der Waals surface area contributed by atoms with Crippen molar-refractivity contribution in [1.29, 1.82) is 0 Å². The highest BCUT2D eigenvalue weighted by Gasteiger charge is 2.41. The van der Waals surface area contributed by atoms with Gasteiger partial charge in [-0.2, -0.15) is 13.2 Å². The average molecular weight is 532 g/mol. The smallest absolute Gasteiger partial charge is 0.422 e. The molecule has 2 aliphatic rings. The van der Waals surface area contributed by atoms with E-state index in [0.29, 0.717) is 29.7 Å². The number of amides is 2. The summed E-state index contributed by atoms with van der Waals surface area (Å²) in [6.45, 7) is 9.21. The Morgan fingerprint density at radius 1 is 1.13 bits per heavy atom. The van der Waals surface area contributed by atoms with Crippen molar-refractivity contribution in [3.8, 4) is 11.5 Å². The molecule has 0 aliphatic carbocycles. The monoisotopic (exact) mass is 531 g/mol. The molecular formula is C28H32F3N3O4. The SMILES string of the molecule is CC1(C)Cc2cc(OCC(F)(F)F)c3c(c2C(c2cccc(C(=O)NC(C)(C)C(N)=O)c2)=N1)CC(C)(C)O3. The molecule has 0 spiro atoms. The third kappa shape index (κ3) is 5.63. The molecule has 2 aromatic rings. The van der Waals surface area contributed by atoms with Crippen molar-refractivity contribution >= 4 is 17.5 Å². The molecule has 7 nitrogen and oxygen atoms in total. The molecule has 3 N–H and O–H groups in total. The third-order valence-corrected chi connectivity index (χ3v) is 6.51. The summed E-state index contributed by atoms with van der Waals surface area (Å²) in [5, 5.41) is 2.64. The summed E-state index contributed by atoms with van der Waals surface area (Å²) < 4.78 is 50.3. The Bertz CT molecular complexity index is 1340. The van der Waals surface area contributed by atoms with Crippen LogP contribution in [0.3, 0.4) is 0 Å². The summed E-state index contributed by atoms with van der Waals surface area (Å²) in [6, 6.07) is 8.45. The molecule has 2 aliphatic heterocycles. The molecule has 0 saturated carbocycles. The van der Waals surface area contributed by atoms with Gasteiger partial charge in [-0.25, -0.2) is 0 Å². The molecule has 204 valence electrons. The predicted molar refractivity (Wildman–Crippen MR) is 137 cm³/mol. The minimum Gasteiger partial charge on any atom is -0.483 e. The van der Waals surface area contributed by atoms with Crippen LogP contribution in [-0.2, 0) is 17.6 Å². The molecule has 38 heavy (non-hydrogen) atoms.